The molecule has 0 saturated heterocycles. The number of esters is 1. The maximum atomic E-state index is 12.4. The molecule has 4 fully saturated rings. The lowest BCUT2D eigenvalue weighted by Crippen LogP contribution is -2.64. The highest BCUT2D eigenvalue weighted by Gasteiger charge is 2.68. The highest BCUT2D eigenvalue weighted by molar-refractivity contribution is 5.87. The van der Waals surface area contributed by atoms with Crippen molar-refractivity contribution >= 4 is 11.9 Å². The Kier molecular flexibility index (Phi) is 4.37. The van der Waals surface area contributed by atoms with Gasteiger partial charge in [-0.1, -0.05) is 25.7 Å². The van der Waals surface area contributed by atoms with Crippen molar-refractivity contribution in [2.24, 2.45) is 34.0 Å². The third-order valence-corrected chi connectivity index (χ3v) is 9.26. The molecule has 4 aliphatic rings. The van der Waals surface area contributed by atoms with Crippen molar-refractivity contribution in [1.82, 2.24) is 0 Å². The van der Waals surface area contributed by atoms with Crippen LogP contribution >= 0.6 is 0 Å². The molecule has 0 heterocycles. The zero-order valence-corrected chi connectivity index (χ0v) is 17.6. The molecule has 0 aromatic rings. The lowest BCUT2D eigenvalue weighted by molar-refractivity contribution is -0.220. The highest BCUT2D eigenvalue weighted by atomic mass is 16.5. The van der Waals surface area contributed by atoms with E-state index in [1.807, 2.05) is 6.92 Å². The van der Waals surface area contributed by atoms with Gasteiger partial charge in [0.05, 0.1) is 5.41 Å². The number of allylic oxidation sites excluding steroid dienone is 1. The number of hydrogen-bond donors (Lipinski definition) is 1. The third-order valence-electron chi connectivity index (χ3n) is 9.26. The van der Waals surface area contributed by atoms with Crippen LogP contribution in [-0.4, -0.2) is 23.1 Å². The summed E-state index contributed by atoms with van der Waals surface area (Å²) in [6.45, 7) is 14.0. The zero-order chi connectivity index (χ0) is 20.5. The van der Waals surface area contributed by atoms with Gasteiger partial charge in [0.25, 0.3) is 0 Å². The van der Waals surface area contributed by atoms with Crippen LogP contribution in [0.2, 0.25) is 0 Å². The molecule has 0 amide bonds. The summed E-state index contributed by atoms with van der Waals surface area (Å²) in [6, 6.07) is 0. The molecule has 1 spiro atoms. The second-order valence-electron chi connectivity index (χ2n) is 10.6. The first-order valence-corrected chi connectivity index (χ1v) is 10.8. The summed E-state index contributed by atoms with van der Waals surface area (Å²) in [5.74, 6) is -0.00413. The average Bonchev–Trinajstić information content (AvgIpc) is 2.85. The summed E-state index contributed by atoms with van der Waals surface area (Å²) in [5, 5.41) is 10.1. The van der Waals surface area contributed by atoms with E-state index in [0.717, 1.165) is 32.1 Å². The number of carboxylic acids is 1. The van der Waals surface area contributed by atoms with Gasteiger partial charge in [0.2, 0.25) is 0 Å². The Morgan fingerprint density at radius 1 is 1.11 bits per heavy atom. The largest absolute Gasteiger partial charge is 0.481 e. The van der Waals surface area contributed by atoms with Crippen molar-refractivity contribution in [2.45, 2.75) is 78.2 Å². The van der Waals surface area contributed by atoms with E-state index in [0.29, 0.717) is 30.3 Å². The van der Waals surface area contributed by atoms with Gasteiger partial charge in [0, 0.05) is 11.0 Å². The zero-order valence-electron chi connectivity index (χ0n) is 17.6. The van der Waals surface area contributed by atoms with Crippen LogP contribution < -0.4 is 0 Å². The van der Waals surface area contributed by atoms with Gasteiger partial charge in [-0.05, 0) is 88.4 Å². The SMILES string of the molecule is C=C(C)C(=O)OC1CCC(C)(C(=O)O)C2CCC34CC(=C)C(CCC3C12C)C4. The molecule has 4 nitrogen and oxygen atoms in total. The lowest BCUT2D eigenvalue weighted by atomic mass is 9.40. The van der Waals surface area contributed by atoms with E-state index in [4.69, 9.17) is 4.74 Å². The van der Waals surface area contributed by atoms with Crippen molar-refractivity contribution in [1.29, 1.82) is 0 Å². The first kappa shape index (κ1) is 19.7. The topological polar surface area (TPSA) is 63.6 Å². The molecule has 7 atom stereocenters. The first-order valence-electron chi connectivity index (χ1n) is 10.8. The van der Waals surface area contributed by atoms with Crippen LogP contribution in [0.3, 0.4) is 0 Å². The van der Waals surface area contributed by atoms with E-state index >= 15 is 0 Å². The van der Waals surface area contributed by atoms with Gasteiger partial charge in [-0.3, -0.25) is 4.79 Å². The number of carbonyl (C=O) groups excluding carboxylic acids is 1. The Bertz CT molecular complexity index is 754. The summed E-state index contributed by atoms with van der Waals surface area (Å²) >= 11 is 0. The van der Waals surface area contributed by atoms with Gasteiger partial charge in [-0.15, -0.1) is 0 Å². The highest BCUT2D eigenvalue weighted by Crippen LogP contribution is 2.72. The normalized spacial score (nSPS) is 47.0. The molecule has 0 radical (unpaired) electrons. The fourth-order valence-electron chi connectivity index (χ4n) is 7.91. The smallest absolute Gasteiger partial charge is 0.333 e. The minimum Gasteiger partial charge on any atom is -0.481 e. The third kappa shape index (κ3) is 2.48. The summed E-state index contributed by atoms with van der Waals surface area (Å²) < 4.78 is 6.02. The summed E-state index contributed by atoms with van der Waals surface area (Å²) in [7, 11) is 0. The van der Waals surface area contributed by atoms with E-state index in [1.54, 1.807) is 6.92 Å². The van der Waals surface area contributed by atoms with E-state index in [-0.39, 0.29) is 28.8 Å². The molecule has 4 saturated carbocycles. The fourth-order valence-corrected chi connectivity index (χ4v) is 7.91. The summed E-state index contributed by atoms with van der Waals surface area (Å²) in [4.78, 5) is 24.8. The van der Waals surface area contributed by atoms with E-state index < -0.39 is 11.4 Å². The molecular formula is C24H34O4. The van der Waals surface area contributed by atoms with Gasteiger partial charge in [-0.25, -0.2) is 4.79 Å². The van der Waals surface area contributed by atoms with Crippen LogP contribution in [0.5, 0.6) is 0 Å². The molecule has 0 aliphatic heterocycles. The summed E-state index contributed by atoms with van der Waals surface area (Å²) in [5.41, 5.74) is 0.946. The van der Waals surface area contributed by atoms with Crippen LogP contribution in [0.4, 0.5) is 0 Å². The van der Waals surface area contributed by atoms with E-state index in [2.05, 4.69) is 20.1 Å². The second-order valence-corrected chi connectivity index (χ2v) is 10.6. The summed E-state index contributed by atoms with van der Waals surface area (Å²) in [6.07, 6.45) is 7.40. The molecule has 0 aromatic heterocycles. The number of fused-ring (bicyclic) bond motifs is 3. The molecule has 28 heavy (non-hydrogen) atoms. The minimum absolute atomic E-state index is 0.0233. The standard InChI is InChI=1S/C24H34O4/c1-14(2)20(25)28-19-9-10-22(4,21(26)27)17-8-11-24-12-15(3)16(13-24)6-7-18(24)23(17,19)5/h16-19H,1,3,6-13H2,2,4-5H3,(H,26,27). The fraction of sp³-hybridized carbons (Fsp3) is 0.750. The molecule has 7 unspecified atom stereocenters. The molecule has 4 rings (SSSR count). The molecule has 4 heteroatoms. The van der Waals surface area contributed by atoms with E-state index in [1.165, 1.54) is 12.0 Å². The van der Waals surface area contributed by atoms with Crippen LogP contribution in [0.25, 0.3) is 0 Å². The molecule has 4 aliphatic carbocycles. The Labute approximate surface area is 168 Å². The quantitative estimate of drug-likeness (QED) is 0.414. The molecule has 1 N–H and O–H groups in total. The maximum Gasteiger partial charge on any atom is 0.333 e. The van der Waals surface area contributed by atoms with Crippen LogP contribution in [-0.2, 0) is 14.3 Å². The minimum atomic E-state index is -0.755. The van der Waals surface area contributed by atoms with Gasteiger partial charge in [-0.2, -0.15) is 0 Å². The van der Waals surface area contributed by atoms with Crippen LogP contribution in [0.15, 0.2) is 24.3 Å². The molecular weight excluding hydrogens is 352 g/mol. The first-order chi connectivity index (χ1) is 13.0. The monoisotopic (exact) mass is 386 g/mol. The Balaban J connectivity index is 1.78. The van der Waals surface area contributed by atoms with Crippen LogP contribution in [0.1, 0.15) is 72.1 Å². The predicted octanol–water partition coefficient (Wildman–Crippen LogP) is 5.14. The molecule has 2 bridgehead atoms. The van der Waals surface area contributed by atoms with E-state index in [9.17, 15) is 14.7 Å². The Hall–Kier alpha value is -1.58. The van der Waals surface area contributed by atoms with Gasteiger partial charge in [0.1, 0.15) is 6.10 Å². The van der Waals surface area contributed by atoms with Crippen LogP contribution in [0, 0.1) is 34.0 Å². The van der Waals surface area contributed by atoms with Crippen molar-refractivity contribution in [2.75, 3.05) is 0 Å². The predicted molar refractivity (Wildman–Crippen MR) is 108 cm³/mol. The Morgan fingerprint density at radius 3 is 2.46 bits per heavy atom. The van der Waals surface area contributed by atoms with Gasteiger partial charge < -0.3 is 9.84 Å². The number of ether oxygens (including phenoxy) is 1. The molecule has 0 aromatic carbocycles. The number of hydrogen-bond acceptors (Lipinski definition) is 3. The van der Waals surface area contributed by atoms with Gasteiger partial charge >= 0.3 is 11.9 Å². The van der Waals surface area contributed by atoms with Crippen molar-refractivity contribution in [3.8, 4) is 0 Å². The number of aliphatic carboxylic acids is 1. The maximum absolute atomic E-state index is 12.4. The average molecular weight is 387 g/mol. The van der Waals surface area contributed by atoms with Crippen molar-refractivity contribution < 1.29 is 19.4 Å². The van der Waals surface area contributed by atoms with Crippen molar-refractivity contribution in [3.63, 3.8) is 0 Å². The second kappa shape index (κ2) is 6.21. The number of carboxylic acid groups (broad SMARTS) is 1. The number of rotatable bonds is 3. The molecule has 154 valence electrons. The number of carbonyl (C=O) groups is 2. The Morgan fingerprint density at radius 2 is 1.82 bits per heavy atom. The van der Waals surface area contributed by atoms with Gasteiger partial charge in [0.15, 0.2) is 0 Å². The lowest BCUT2D eigenvalue weighted by Gasteiger charge is -2.65. The van der Waals surface area contributed by atoms with Crippen molar-refractivity contribution in [3.05, 3.63) is 24.3 Å².